The molecule has 0 atom stereocenters. The number of carbonyl (C=O) groups is 3. The van der Waals surface area contributed by atoms with Crippen molar-refractivity contribution in [3.63, 3.8) is 0 Å². The standard InChI is InChI=1S/C27H28N4O6/c1-17-5-7-21(13-18(17)2)30-26(33)27(34)31-28-15-19-6-12-23(24(14-19)36-4)37-16-25(32)29-20-8-10-22(35-3)11-9-20/h5-15H,16H2,1-4H3,(H,29,32)(H,30,33)(H,31,34)/b28-15-. The molecule has 10 heteroatoms. The van der Waals surface area contributed by atoms with E-state index in [2.05, 4.69) is 21.2 Å². The van der Waals surface area contributed by atoms with Crippen molar-refractivity contribution in [2.75, 3.05) is 31.5 Å². The van der Waals surface area contributed by atoms with Gasteiger partial charge in [-0.05, 0) is 85.1 Å². The zero-order chi connectivity index (χ0) is 26.8. The Morgan fingerprint density at radius 3 is 2.19 bits per heavy atom. The van der Waals surface area contributed by atoms with E-state index in [0.717, 1.165) is 11.1 Å². The summed E-state index contributed by atoms with van der Waals surface area (Å²) in [5.41, 5.74) is 5.96. The van der Waals surface area contributed by atoms with Crippen LogP contribution in [0.15, 0.2) is 65.8 Å². The first-order valence-corrected chi connectivity index (χ1v) is 11.3. The normalized spacial score (nSPS) is 10.5. The Bertz CT molecular complexity index is 1300. The highest BCUT2D eigenvalue weighted by molar-refractivity contribution is 6.39. The molecule has 3 aromatic carbocycles. The Morgan fingerprint density at radius 2 is 1.51 bits per heavy atom. The summed E-state index contributed by atoms with van der Waals surface area (Å²) in [5.74, 6) is -0.706. The van der Waals surface area contributed by atoms with E-state index in [1.165, 1.54) is 13.3 Å². The molecule has 0 radical (unpaired) electrons. The first-order chi connectivity index (χ1) is 17.8. The lowest BCUT2D eigenvalue weighted by molar-refractivity contribution is -0.136. The summed E-state index contributed by atoms with van der Waals surface area (Å²) in [6.07, 6.45) is 1.35. The second-order valence-electron chi connectivity index (χ2n) is 7.93. The topological polar surface area (TPSA) is 127 Å². The first-order valence-electron chi connectivity index (χ1n) is 11.3. The second-order valence-corrected chi connectivity index (χ2v) is 7.93. The van der Waals surface area contributed by atoms with Crippen LogP contribution in [0.1, 0.15) is 16.7 Å². The molecule has 192 valence electrons. The molecule has 0 aliphatic heterocycles. The number of methoxy groups -OCH3 is 2. The van der Waals surface area contributed by atoms with Crippen LogP contribution in [0.5, 0.6) is 17.2 Å². The van der Waals surface area contributed by atoms with Crippen molar-refractivity contribution < 1.29 is 28.6 Å². The van der Waals surface area contributed by atoms with Gasteiger partial charge in [-0.15, -0.1) is 0 Å². The maximum atomic E-state index is 12.2. The van der Waals surface area contributed by atoms with Gasteiger partial charge in [0.2, 0.25) is 0 Å². The molecule has 37 heavy (non-hydrogen) atoms. The minimum absolute atomic E-state index is 0.235. The van der Waals surface area contributed by atoms with Crippen molar-refractivity contribution in [3.8, 4) is 17.2 Å². The number of nitrogens with zero attached hydrogens (tertiary/aromatic N) is 1. The van der Waals surface area contributed by atoms with Gasteiger partial charge in [0.25, 0.3) is 5.91 Å². The van der Waals surface area contributed by atoms with Gasteiger partial charge >= 0.3 is 11.8 Å². The summed E-state index contributed by atoms with van der Waals surface area (Å²) in [4.78, 5) is 36.4. The van der Waals surface area contributed by atoms with Crippen LogP contribution >= 0.6 is 0 Å². The number of benzene rings is 3. The second kappa shape index (κ2) is 12.7. The van der Waals surface area contributed by atoms with Gasteiger partial charge in [0.1, 0.15) is 5.75 Å². The van der Waals surface area contributed by atoms with E-state index < -0.39 is 11.8 Å². The van der Waals surface area contributed by atoms with Crippen LogP contribution in [-0.4, -0.2) is 44.8 Å². The molecule has 0 heterocycles. The van der Waals surface area contributed by atoms with Crippen molar-refractivity contribution in [2.24, 2.45) is 5.10 Å². The quantitative estimate of drug-likeness (QED) is 0.233. The molecule has 0 saturated carbocycles. The fourth-order valence-corrected chi connectivity index (χ4v) is 3.12. The molecule has 3 rings (SSSR count). The van der Waals surface area contributed by atoms with Gasteiger partial charge in [-0.3, -0.25) is 14.4 Å². The zero-order valence-corrected chi connectivity index (χ0v) is 21.0. The van der Waals surface area contributed by atoms with E-state index in [9.17, 15) is 14.4 Å². The van der Waals surface area contributed by atoms with Crippen LogP contribution in [0, 0.1) is 13.8 Å². The summed E-state index contributed by atoms with van der Waals surface area (Å²) < 4.78 is 16.0. The van der Waals surface area contributed by atoms with Crippen LogP contribution in [0.4, 0.5) is 11.4 Å². The summed E-state index contributed by atoms with van der Waals surface area (Å²) >= 11 is 0. The highest BCUT2D eigenvalue weighted by Crippen LogP contribution is 2.27. The monoisotopic (exact) mass is 504 g/mol. The van der Waals surface area contributed by atoms with Gasteiger partial charge in [-0.1, -0.05) is 6.07 Å². The molecule has 0 fully saturated rings. The number of hydrazone groups is 1. The van der Waals surface area contributed by atoms with Gasteiger partial charge in [-0.2, -0.15) is 5.10 Å². The maximum Gasteiger partial charge on any atom is 0.329 e. The molecule has 0 aliphatic carbocycles. The number of anilines is 2. The lowest BCUT2D eigenvalue weighted by atomic mass is 10.1. The molecule has 0 spiro atoms. The van der Waals surface area contributed by atoms with Crippen molar-refractivity contribution in [3.05, 3.63) is 77.4 Å². The number of amides is 3. The number of nitrogens with one attached hydrogen (secondary N) is 3. The summed E-state index contributed by atoms with van der Waals surface area (Å²) in [7, 11) is 3.02. The average Bonchev–Trinajstić information content (AvgIpc) is 2.90. The molecule has 3 aromatic rings. The molecule has 0 unspecified atom stereocenters. The van der Waals surface area contributed by atoms with E-state index >= 15 is 0 Å². The zero-order valence-electron chi connectivity index (χ0n) is 21.0. The largest absolute Gasteiger partial charge is 0.497 e. The Labute approximate surface area is 214 Å². The van der Waals surface area contributed by atoms with Crippen molar-refractivity contribution in [1.29, 1.82) is 0 Å². The van der Waals surface area contributed by atoms with Gasteiger partial charge in [0.15, 0.2) is 18.1 Å². The number of rotatable bonds is 9. The fourth-order valence-electron chi connectivity index (χ4n) is 3.12. The minimum Gasteiger partial charge on any atom is -0.497 e. The van der Waals surface area contributed by atoms with Crippen LogP contribution < -0.4 is 30.3 Å². The van der Waals surface area contributed by atoms with Crippen LogP contribution in [0.2, 0.25) is 0 Å². The van der Waals surface area contributed by atoms with Crippen molar-refractivity contribution >= 4 is 35.3 Å². The Hall–Kier alpha value is -4.86. The van der Waals surface area contributed by atoms with E-state index in [1.807, 2.05) is 19.9 Å². The predicted octanol–water partition coefficient (Wildman–Crippen LogP) is 3.43. The molecule has 3 N–H and O–H groups in total. The molecule has 10 nitrogen and oxygen atoms in total. The first kappa shape index (κ1) is 26.7. The van der Waals surface area contributed by atoms with E-state index in [4.69, 9.17) is 14.2 Å². The van der Waals surface area contributed by atoms with Gasteiger partial charge in [-0.25, -0.2) is 5.43 Å². The number of carbonyl (C=O) groups excluding carboxylic acids is 3. The fraction of sp³-hybridized carbons (Fsp3) is 0.185. The molecule has 0 saturated heterocycles. The van der Waals surface area contributed by atoms with E-state index in [0.29, 0.717) is 34.2 Å². The van der Waals surface area contributed by atoms with Crippen molar-refractivity contribution in [2.45, 2.75) is 13.8 Å². The van der Waals surface area contributed by atoms with Gasteiger partial charge in [0, 0.05) is 11.4 Å². The number of hydrogen-bond acceptors (Lipinski definition) is 7. The molecule has 3 amide bonds. The third-order valence-electron chi connectivity index (χ3n) is 5.27. The third kappa shape index (κ3) is 7.82. The van der Waals surface area contributed by atoms with Crippen LogP contribution in [-0.2, 0) is 14.4 Å². The molecular weight excluding hydrogens is 476 g/mol. The highest BCUT2D eigenvalue weighted by atomic mass is 16.5. The summed E-state index contributed by atoms with van der Waals surface area (Å²) in [6.45, 7) is 3.63. The van der Waals surface area contributed by atoms with Crippen molar-refractivity contribution in [1.82, 2.24) is 5.43 Å². The number of aryl methyl sites for hydroxylation is 2. The average molecular weight is 505 g/mol. The van der Waals surface area contributed by atoms with Gasteiger partial charge < -0.3 is 24.8 Å². The maximum absolute atomic E-state index is 12.2. The Morgan fingerprint density at radius 1 is 0.784 bits per heavy atom. The van der Waals surface area contributed by atoms with Gasteiger partial charge in [0.05, 0.1) is 20.4 Å². The predicted molar refractivity (Wildman–Crippen MR) is 140 cm³/mol. The Balaban J connectivity index is 1.51. The van der Waals surface area contributed by atoms with Crippen LogP contribution in [0.3, 0.4) is 0 Å². The minimum atomic E-state index is -0.913. The highest BCUT2D eigenvalue weighted by Gasteiger charge is 2.13. The molecule has 0 bridgehead atoms. The third-order valence-corrected chi connectivity index (χ3v) is 5.27. The smallest absolute Gasteiger partial charge is 0.329 e. The lowest BCUT2D eigenvalue weighted by Gasteiger charge is -2.11. The lowest BCUT2D eigenvalue weighted by Crippen LogP contribution is -2.32. The molecular formula is C27H28N4O6. The van der Waals surface area contributed by atoms with E-state index in [1.54, 1.807) is 61.7 Å². The number of hydrogen-bond donors (Lipinski definition) is 3. The Kier molecular flexibility index (Phi) is 9.20. The number of ether oxygens (including phenoxy) is 3. The summed E-state index contributed by atoms with van der Waals surface area (Å²) in [6, 6.07) is 17.1. The molecule has 0 aromatic heterocycles. The van der Waals surface area contributed by atoms with E-state index in [-0.39, 0.29) is 12.5 Å². The van der Waals surface area contributed by atoms with Crippen LogP contribution in [0.25, 0.3) is 0 Å². The SMILES string of the molecule is COc1ccc(NC(=O)COc2ccc(/C=N\NC(=O)C(=O)Nc3ccc(C)c(C)c3)cc2OC)cc1. The summed E-state index contributed by atoms with van der Waals surface area (Å²) in [5, 5.41) is 9.07. The molecule has 0 aliphatic rings.